The van der Waals surface area contributed by atoms with Crippen molar-refractivity contribution in [2.45, 2.75) is 6.54 Å². The Hall–Kier alpha value is -1.01. The normalized spacial score (nSPS) is 10.8. The lowest BCUT2D eigenvalue weighted by atomic mass is 10.2. The number of benzene rings is 1. The average Bonchev–Trinajstić information content (AvgIpc) is 2.47. The van der Waals surface area contributed by atoms with E-state index >= 15 is 0 Å². The number of methoxy groups -OCH3 is 1. The van der Waals surface area contributed by atoms with Gasteiger partial charge in [0.15, 0.2) is 5.82 Å². The molecule has 0 spiro atoms. The number of hydrogen-bond donors (Lipinski definition) is 1. The van der Waals surface area contributed by atoms with Crippen LogP contribution < -0.4 is 5.32 Å². The number of hydrogen-bond acceptors (Lipinski definition) is 4. The summed E-state index contributed by atoms with van der Waals surface area (Å²) in [5.41, 5.74) is 1.87. The second-order valence-electron chi connectivity index (χ2n) is 4.17. The molecule has 0 aliphatic rings. The predicted octanol–water partition coefficient (Wildman–Crippen LogP) is 3.30. The third-order valence-corrected chi connectivity index (χ3v) is 3.89. The van der Waals surface area contributed by atoms with Crippen LogP contribution in [-0.2, 0) is 11.3 Å². The fourth-order valence-electron chi connectivity index (χ4n) is 1.66. The summed E-state index contributed by atoms with van der Waals surface area (Å²) >= 11 is 9.40. The fourth-order valence-corrected chi connectivity index (χ4v) is 2.16. The van der Waals surface area contributed by atoms with Crippen LogP contribution in [0.1, 0.15) is 5.69 Å². The van der Waals surface area contributed by atoms with E-state index in [2.05, 4.69) is 31.2 Å². The van der Waals surface area contributed by atoms with Crippen LogP contribution in [0.2, 0.25) is 5.02 Å². The monoisotopic (exact) mass is 355 g/mol. The lowest BCUT2D eigenvalue weighted by molar-refractivity contribution is 0.199. The first-order valence-corrected chi connectivity index (χ1v) is 7.35. The van der Waals surface area contributed by atoms with E-state index in [1.54, 1.807) is 13.3 Å². The Labute approximate surface area is 131 Å². The summed E-state index contributed by atoms with van der Waals surface area (Å²) in [5.74, 6) is 0.688. The largest absolute Gasteiger partial charge is 0.383 e. The van der Waals surface area contributed by atoms with Gasteiger partial charge in [0.05, 0.1) is 17.3 Å². The quantitative estimate of drug-likeness (QED) is 0.807. The molecule has 0 unspecified atom stereocenters. The minimum atomic E-state index is 0.672. The second kappa shape index (κ2) is 7.69. The first-order valence-electron chi connectivity index (χ1n) is 6.17. The number of ether oxygens (including phenoxy) is 1. The standard InChI is InChI=1S/C14H15BrClN3O/c1-20-7-6-17-9-11-4-5-18-14(19-11)10-2-3-13(16)12(15)8-10/h2-5,8,17H,6-7,9H2,1H3. The zero-order valence-electron chi connectivity index (χ0n) is 11.1. The molecule has 2 aromatic rings. The third-order valence-electron chi connectivity index (χ3n) is 2.68. The Morgan fingerprint density at radius 3 is 2.95 bits per heavy atom. The Bertz CT molecular complexity index is 580. The summed E-state index contributed by atoms with van der Waals surface area (Å²) < 4.78 is 5.82. The molecule has 106 valence electrons. The molecule has 0 saturated carbocycles. The van der Waals surface area contributed by atoms with Crippen molar-refractivity contribution in [3.63, 3.8) is 0 Å². The van der Waals surface area contributed by atoms with Gasteiger partial charge < -0.3 is 10.1 Å². The van der Waals surface area contributed by atoms with Gasteiger partial charge in [0.1, 0.15) is 0 Å². The van der Waals surface area contributed by atoms with E-state index in [-0.39, 0.29) is 0 Å². The van der Waals surface area contributed by atoms with Crippen molar-refractivity contribution in [1.29, 1.82) is 0 Å². The van der Waals surface area contributed by atoms with Crippen molar-refractivity contribution in [3.8, 4) is 11.4 Å². The van der Waals surface area contributed by atoms with Gasteiger partial charge in [-0.3, -0.25) is 0 Å². The van der Waals surface area contributed by atoms with E-state index in [0.29, 0.717) is 24.0 Å². The van der Waals surface area contributed by atoms with Gasteiger partial charge in [-0.15, -0.1) is 0 Å². The highest BCUT2D eigenvalue weighted by molar-refractivity contribution is 9.10. The van der Waals surface area contributed by atoms with E-state index in [4.69, 9.17) is 16.3 Å². The smallest absolute Gasteiger partial charge is 0.159 e. The molecule has 2 rings (SSSR count). The average molecular weight is 357 g/mol. The Morgan fingerprint density at radius 2 is 2.20 bits per heavy atom. The number of rotatable bonds is 6. The molecule has 6 heteroatoms. The van der Waals surface area contributed by atoms with Crippen molar-refractivity contribution >= 4 is 27.5 Å². The Kier molecular flexibility index (Phi) is 5.91. The van der Waals surface area contributed by atoms with Gasteiger partial charge in [-0.05, 0) is 40.2 Å². The number of aromatic nitrogens is 2. The van der Waals surface area contributed by atoms with Gasteiger partial charge in [0.25, 0.3) is 0 Å². The van der Waals surface area contributed by atoms with Gasteiger partial charge in [0, 0.05) is 36.4 Å². The van der Waals surface area contributed by atoms with Crippen molar-refractivity contribution in [2.75, 3.05) is 20.3 Å². The number of halogens is 2. The molecule has 0 atom stereocenters. The van der Waals surface area contributed by atoms with Crippen LogP contribution in [0.25, 0.3) is 11.4 Å². The van der Waals surface area contributed by atoms with Crippen molar-refractivity contribution in [2.24, 2.45) is 0 Å². The highest BCUT2D eigenvalue weighted by atomic mass is 79.9. The van der Waals surface area contributed by atoms with Gasteiger partial charge in [0.2, 0.25) is 0 Å². The minimum Gasteiger partial charge on any atom is -0.383 e. The van der Waals surface area contributed by atoms with Crippen molar-refractivity contribution in [3.05, 3.63) is 45.7 Å². The highest BCUT2D eigenvalue weighted by Gasteiger charge is 2.05. The van der Waals surface area contributed by atoms with E-state index in [1.807, 2.05) is 24.3 Å². The SMILES string of the molecule is COCCNCc1ccnc(-c2ccc(Cl)c(Br)c2)n1. The summed E-state index contributed by atoms with van der Waals surface area (Å²) in [6, 6.07) is 7.55. The summed E-state index contributed by atoms with van der Waals surface area (Å²) in [4.78, 5) is 8.83. The molecule has 1 aromatic carbocycles. The van der Waals surface area contributed by atoms with Crippen molar-refractivity contribution in [1.82, 2.24) is 15.3 Å². The van der Waals surface area contributed by atoms with Gasteiger partial charge in [-0.2, -0.15) is 0 Å². The molecule has 0 bridgehead atoms. The first-order chi connectivity index (χ1) is 9.70. The molecule has 0 aliphatic heterocycles. The molecule has 0 radical (unpaired) electrons. The van der Waals surface area contributed by atoms with Gasteiger partial charge >= 0.3 is 0 Å². The van der Waals surface area contributed by atoms with E-state index in [0.717, 1.165) is 22.3 Å². The summed E-state index contributed by atoms with van der Waals surface area (Å²) in [5, 5.41) is 3.93. The fraction of sp³-hybridized carbons (Fsp3) is 0.286. The minimum absolute atomic E-state index is 0.672. The van der Waals surface area contributed by atoms with Crippen molar-refractivity contribution < 1.29 is 4.74 Å². The van der Waals surface area contributed by atoms with E-state index < -0.39 is 0 Å². The van der Waals surface area contributed by atoms with E-state index in [1.165, 1.54) is 0 Å². The zero-order valence-corrected chi connectivity index (χ0v) is 13.4. The summed E-state index contributed by atoms with van der Waals surface area (Å²) in [6.07, 6.45) is 1.76. The molecule has 1 aromatic heterocycles. The Morgan fingerprint density at radius 1 is 1.35 bits per heavy atom. The van der Waals surface area contributed by atoms with Crippen LogP contribution in [0.15, 0.2) is 34.9 Å². The second-order valence-corrected chi connectivity index (χ2v) is 5.43. The lowest BCUT2D eigenvalue weighted by Crippen LogP contribution is -2.19. The molecular weight excluding hydrogens is 342 g/mol. The molecular formula is C14H15BrClN3O. The lowest BCUT2D eigenvalue weighted by Gasteiger charge is -2.06. The summed E-state index contributed by atoms with van der Waals surface area (Å²) in [7, 11) is 1.68. The van der Waals surface area contributed by atoms with Crippen LogP contribution in [0, 0.1) is 0 Å². The van der Waals surface area contributed by atoms with Crippen LogP contribution in [-0.4, -0.2) is 30.2 Å². The summed E-state index contributed by atoms with van der Waals surface area (Å²) in [6.45, 7) is 2.16. The number of nitrogens with zero attached hydrogens (tertiary/aromatic N) is 2. The van der Waals surface area contributed by atoms with Crippen LogP contribution in [0.5, 0.6) is 0 Å². The third kappa shape index (κ3) is 4.24. The molecule has 0 amide bonds. The first kappa shape index (κ1) is 15.4. The van der Waals surface area contributed by atoms with E-state index in [9.17, 15) is 0 Å². The van der Waals surface area contributed by atoms with Crippen LogP contribution in [0.4, 0.5) is 0 Å². The molecule has 0 fully saturated rings. The molecule has 0 saturated heterocycles. The van der Waals surface area contributed by atoms with Gasteiger partial charge in [-0.1, -0.05) is 11.6 Å². The Balaban J connectivity index is 2.10. The molecule has 20 heavy (non-hydrogen) atoms. The molecule has 1 heterocycles. The maximum atomic E-state index is 5.99. The maximum absolute atomic E-state index is 5.99. The molecule has 0 aliphatic carbocycles. The number of nitrogens with one attached hydrogen (secondary N) is 1. The van der Waals surface area contributed by atoms with Crippen LogP contribution >= 0.6 is 27.5 Å². The molecule has 1 N–H and O–H groups in total. The predicted molar refractivity (Wildman–Crippen MR) is 83.8 cm³/mol. The highest BCUT2D eigenvalue weighted by Crippen LogP contribution is 2.27. The molecule has 4 nitrogen and oxygen atoms in total. The topological polar surface area (TPSA) is 47.0 Å². The maximum Gasteiger partial charge on any atom is 0.159 e. The van der Waals surface area contributed by atoms with Gasteiger partial charge in [-0.25, -0.2) is 9.97 Å². The zero-order chi connectivity index (χ0) is 14.4. The van der Waals surface area contributed by atoms with Crippen LogP contribution in [0.3, 0.4) is 0 Å².